The average Bonchev–Trinajstić information content (AvgIpc) is 1.87. The molecule has 0 heterocycles. The second kappa shape index (κ2) is 5.33. The molecule has 2 N–H and O–H groups in total. The highest BCUT2D eigenvalue weighted by molar-refractivity contribution is 4.95. The molecule has 0 aromatic carbocycles. The van der Waals surface area contributed by atoms with Gasteiger partial charge in [-0.05, 0) is 26.7 Å². The molecule has 2 nitrogen and oxygen atoms in total. The second-order valence-corrected chi connectivity index (χ2v) is 3.15. The molecule has 0 aliphatic heterocycles. The maximum atomic E-state index is 8.97. The Bertz CT molecular complexity index is 119. The first-order valence-corrected chi connectivity index (χ1v) is 4.02. The molecule has 0 spiro atoms. The number of hydrogen-bond acceptors (Lipinski definition) is 2. The van der Waals surface area contributed by atoms with Crippen LogP contribution >= 0.6 is 0 Å². The lowest BCUT2D eigenvalue weighted by atomic mass is 9.96. The Kier molecular flexibility index (Phi) is 5.16. The Hall–Kier alpha value is -0.340. The van der Waals surface area contributed by atoms with Gasteiger partial charge in [0.15, 0.2) is 0 Å². The van der Waals surface area contributed by atoms with E-state index >= 15 is 0 Å². The van der Waals surface area contributed by atoms with E-state index < -0.39 is 0 Å². The maximum Gasteiger partial charge on any atom is 0.0512 e. The van der Waals surface area contributed by atoms with E-state index in [0.29, 0.717) is 0 Å². The lowest BCUT2D eigenvalue weighted by Gasteiger charge is -2.14. The van der Waals surface area contributed by atoms with Gasteiger partial charge in [0, 0.05) is 12.5 Å². The van der Waals surface area contributed by atoms with E-state index in [9.17, 15) is 0 Å². The van der Waals surface area contributed by atoms with Gasteiger partial charge in [-0.3, -0.25) is 0 Å². The number of aliphatic hydroxyl groups is 2. The SMILES string of the molecule is C=C(C)C(CO)CCC(C)O. The maximum absolute atomic E-state index is 8.97. The normalized spacial score (nSPS) is 16.0. The van der Waals surface area contributed by atoms with Crippen LogP contribution in [0.25, 0.3) is 0 Å². The van der Waals surface area contributed by atoms with Gasteiger partial charge in [0.25, 0.3) is 0 Å². The van der Waals surface area contributed by atoms with Crippen LogP contribution in [0.3, 0.4) is 0 Å². The van der Waals surface area contributed by atoms with Crippen molar-refractivity contribution in [3.63, 3.8) is 0 Å². The van der Waals surface area contributed by atoms with Crippen LogP contribution in [-0.2, 0) is 0 Å². The first-order chi connectivity index (χ1) is 5.07. The molecule has 2 unspecified atom stereocenters. The van der Waals surface area contributed by atoms with Crippen LogP contribution in [0.2, 0.25) is 0 Å². The van der Waals surface area contributed by atoms with Gasteiger partial charge < -0.3 is 10.2 Å². The number of rotatable bonds is 5. The van der Waals surface area contributed by atoms with Gasteiger partial charge in [0.05, 0.1) is 6.10 Å². The summed E-state index contributed by atoms with van der Waals surface area (Å²) < 4.78 is 0. The van der Waals surface area contributed by atoms with Crippen molar-refractivity contribution in [3.05, 3.63) is 12.2 Å². The van der Waals surface area contributed by atoms with Crippen molar-refractivity contribution >= 4 is 0 Å². The van der Waals surface area contributed by atoms with Gasteiger partial charge in [-0.25, -0.2) is 0 Å². The average molecular weight is 158 g/mol. The molecule has 11 heavy (non-hydrogen) atoms. The van der Waals surface area contributed by atoms with Crippen LogP contribution in [0.5, 0.6) is 0 Å². The lowest BCUT2D eigenvalue weighted by molar-refractivity contribution is 0.163. The highest BCUT2D eigenvalue weighted by Crippen LogP contribution is 2.15. The summed E-state index contributed by atoms with van der Waals surface area (Å²) in [5.74, 6) is 0.157. The third kappa shape index (κ3) is 4.99. The quantitative estimate of drug-likeness (QED) is 0.593. The lowest BCUT2D eigenvalue weighted by Crippen LogP contribution is -2.10. The van der Waals surface area contributed by atoms with Crippen molar-refractivity contribution in [2.24, 2.45) is 5.92 Å². The van der Waals surface area contributed by atoms with Gasteiger partial charge in [0.1, 0.15) is 0 Å². The molecule has 0 aromatic heterocycles. The highest BCUT2D eigenvalue weighted by Gasteiger charge is 2.08. The summed E-state index contributed by atoms with van der Waals surface area (Å²) in [5, 5.41) is 17.8. The van der Waals surface area contributed by atoms with Crippen molar-refractivity contribution in [2.75, 3.05) is 6.61 Å². The molecule has 0 radical (unpaired) electrons. The topological polar surface area (TPSA) is 40.5 Å². The molecule has 66 valence electrons. The molecular weight excluding hydrogens is 140 g/mol. The minimum Gasteiger partial charge on any atom is -0.396 e. The van der Waals surface area contributed by atoms with E-state index in [2.05, 4.69) is 6.58 Å². The molecule has 2 heteroatoms. The Morgan fingerprint density at radius 2 is 2.00 bits per heavy atom. The molecule has 0 aliphatic carbocycles. The van der Waals surface area contributed by atoms with Crippen LogP contribution in [0.15, 0.2) is 12.2 Å². The van der Waals surface area contributed by atoms with Crippen LogP contribution in [0.1, 0.15) is 26.7 Å². The number of aliphatic hydroxyl groups excluding tert-OH is 2. The molecule has 0 bridgehead atoms. The standard InChI is InChI=1S/C9H18O2/c1-7(2)9(6-10)5-4-8(3)11/h8-11H,1,4-6H2,2-3H3. The van der Waals surface area contributed by atoms with Gasteiger partial charge >= 0.3 is 0 Å². The van der Waals surface area contributed by atoms with E-state index in [1.165, 1.54) is 0 Å². The molecule has 0 fully saturated rings. The fourth-order valence-electron chi connectivity index (χ4n) is 0.936. The Labute approximate surface area is 68.6 Å². The fourth-order valence-corrected chi connectivity index (χ4v) is 0.936. The van der Waals surface area contributed by atoms with Crippen molar-refractivity contribution < 1.29 is 10.2 Å². The third-order valence-corrected chi connectivity index (χ3v) is 1.85. The van der Waals surface area contributed by atoms with E-state index in [1.807, 2.05) is 6.92 Å². The van der Waals surface area contributed by atoms with Gasteiger partial charge in [0.2, 0.25) is 0 Å². The third-order valence-electron chi connectivity index (χ3n) is 1.85. The Morgan fingerprint density at radius 1 is 1.45 bits per heavy atom. The zero-order valence-corrected chi connectivity index (χ0v) is 7.38. The summed E-state index contributed by atoms with van der Waals surface area (Å²) >= 11 is 0. The predicted molar refractivity (Wildman–Crippen MR) is 46.3 cm³/mol. The van der Waals surface area contributed by atoms with Crippen molar-refractivity contribution in [1.82, 2.24) is 0 Å². The summed E-state index contributed by atoms with van der Waals surface area (Å²) in [5.41, 5.74) is 0.994. The molecule has 2 atom stereocenters. The largest absolute Gasteiger partial charge is 0.396 e. The summed E-state index contributed by atoms with van der Waals surface area (Å²) in [7, 11) is 0. The van der Waals surface area contributed by atoms with Crippen LogP contribution in [0.4, 0.5) is 0 Å². The zero-order valence-electron chi connectivity index (χ0n) is 7.38. The zero-order chi connectivity index (χ0) is 8.85. The second-order valence-electron chi connectivity index (χ2n) is 3.15. The molecule has 0 saturated carbocycles. The fraction of sp³-hybridized carbons (Fsp3) is 0.778. The monoisotopic (exact) mass is 158 g/mol. The minimum absolute atomic E-state index is 0.141. The van der Waals surface area contributed by atoms with Gasteiger partial charge in [-0.2, -0.15) is 0 Å². The molecule has 0 aromatic rings. The van der Waals surface area contributed by atoms with Gasteiger partial charge in [-0.1, -0.05) is 12.2 Å². The van der Waals surface area contributed by atoms with E-state index in [4.69, 9.17) is 10.2 Å². The summed E-state index contributed by atoms with van der Waals surface area (Å²) in [6.07, 6.45) is 1.28. The smallest absolute Gasteiger partial charge is 0.0512 e. The Balaban J connectivity index is 3.61. The van der Waals surface area contributed by atoms with E-state index in [0.717, 1.165) is 18.4 Å². The minimum atomic E-state index is -0.275. The molecule has 0 amide bonds. The first kappa shape index (κ1) is 10.7. The summed E-state index contributed by atoms with van der Waals surface area (Å²) in [6.45, 7) is 7.57. The molecule has 0 aliphatic rings. The Morgan fingerprint density at radius 3 is 2.27 bits per heavy atom. The van der Waals surface area contributed by atoms with Crippen LogP contribution < -0.4 is 0 Å². The van der Waals surface area contributed by atoms with E-state index in [1.54, 1.807) is 6.92 Å². The molecular formula is C9H18O2. The van der Waals surface area contributed by atoms with Crippen molar-refractivity contribution in [3.8, 4) is 0 Å². The van der Waals surface area contributed by atoms with E-state index in [-0.39, 0.29) is 18.6 Å². The summed E-state index contributed by atoms with van der Waals surface area (Å²) in [6, 6.07) is 0. The van der Waals surface area contributed by atoms with Gasteiger partial charge in [-0.15, -0.1) is 0 Å². The van der Waals surface area contributed by atoms with Crippen molar-refractivity contribution in [1.29, 1.82) is 0 Å². The van der Waals surface area contributed by atoms with Crippen LogP contribution in [0, 0.1) is 5.92 Å². The van der Waals surface area contributed by atoms with Crippen LogP contribution in [-0.4, -0.2) is 22.9 Å². The molecule has 0 saturated heterocycles. The molecule has 0 rings (SSSR count). The first-order valence-electron chi connectivity index (χ1n) is 4.02. The summed E-state index contributed by atoms with van der Waals surface area (Å²) in [4.78, 5) is 0. The van der Waals surface area contributed by atoms with Crippen molar-refractivity contribution in [2.45, 2.75) is 32.8 Å². The predicted octanol–water partition coefficient (Wildman–Crippen LogP) is 1.33. The number of hydrogen-bond donors (Lipinski definition) is 2. The highest BCUT2D eigenvalue weighted by atomic mass is 16.3.